The molecule has 0 rings (SSSR count). The van der Waals surface area contributed by atoms with Crippen molar-refractivity contribution in [2.24, 2.45) is 0 Å². The molecule has 0 aliphatic rings. The van der Waals surface area contributed by atoms with Gasteiger partial charge >= 0.3 is 5.97 Å². The van der Waals surface area contributed by atoms with Crippen LogP contribution in [0.25, 0.3) is 0 Å². The first-order valence-electron chi connectivity index (χ1n) is 7.52. The standard InChI is InChI=1S/C15H29BrO2/c1-2-3-4-5-8-11-14-18-15(17)12-9-6-7-10-13-16/h2-14H2,1H3. The molecule has 0 fully saturated rings. The fourth-order valence-electron chi connectivity index (χ4n) is 1.86. The molecule has 0 aromatic heterocycles. The molecule has 0 aliphatic heterocycles. The summed E-state index contributed by atoms with van der Waals surface area (Å²) >= 11 is 3.40. The third-order valence-electron chi connectivity index (χ3n) is 3.03. The highest BCUT2D eigenvalue weighted by Crippen LogP contribution is 2.07. The van der Waals surface area contributed by atoms with Gasteiger partial charge in [-0.1, -0.05) is 67.8 Å². The van der Waals surface area contributed by atoms with Gasteiger partial charge in [-0.2, -0.15) is 0 Å². The lowest BCUT2D eigenvalue weighted by atomic mass is 10.1. The van der Waals surface area contributed by atoms with E-state index in [-0.39, 0.29) is 5.97 Å². The van der Waals surface area contributed by atoms with Gasteiger partial charge in [-0.05, 0) is 19.3 Å². The Morgan fingerprint density at radius 2 is 1.50 bits per heavy atom. The zero-order valence-corrected chi connectivity index (χ0v) is 13.5. The Morgan fingerprint density at radius 1 is 0.889 bits per heavy atom. The summed E-state index contributed by atoms with van der Waals surface area (Å²) in [4.78, 5) is 11.4. The van der Waals surface area contributed by atoms with E-state index in [1.165, 1.54) is 44.9 Å². The van der Waals surface area contributed by atoms with Crippen molar-refractivity contribution >= 4 is 21.9 Å². The lowest BCUT2D eigenvalue weighted by Crippen LogP contribution is -2.05. The van der Waals surface area contributed by atoms with Gasteiger partial charge < -0.3 is 4.74 Å². The van der Waals surface area contributed by atoms with Gasteiger partial charge in [-0.25, -0.2) is 0 Å². The van der Waals surface area contributed by atoms with Crippen molar-refractivity contribution in [2.75, 3.05) is 11.9 Å². The van der Waals surface area contributed by atoms with Gasteiger partial charge in [0.25, 0.3) is 0 Å². The van der Waals surface area contributed by atoms with Gasteiger partial charge in [-0.3, -0.25) is 4.79 Å². The van der Waals surface area contributed by atoms with Crippen LogP contribution in [0.4, 0.5) is 0 Å². The summed E-state index contributed by atoms with van der Waals surface area (Å²) in [6.45, 7) is 2.84. The van der Waals surface area contributed by atoms with Crippen LogP contribution in [0, 0.1) is 0 Å². The highest BCUT2D eigenvalue weighted by atomic mass is 79.9. The lowest BCUT2D eigenvalue weighted by Gasteiger charge is -2.04. The van der Waals surface area contributed by atoms with E-state index < -0.39 is 0 Å². The molecule has 0 radical (unpaired) electrons. The molecule has 0 amide bonds. The first kappa shape index (κ1) is 17.9. The maximum Gasteiger partial charge on any atom is 0.305 e. The van der Waals surface area contributed by atoms with E-state index in [2.05, 4.69) is 22.9 Å². The summed E-state index contributed by atoms with van der Waals surface area (Å²) in [5.74, 6) is -0.0117. The quantitative estimate of drug-likeness (QED) is 0.263. The van der Waals surface area contributed by atoms with Crippen LogP contribution in [0.3, 0.4) is 0 Å². The van der Waals surface area contributed by atoms with Crippen LogP contribution in [-0.2, 0) is 9.53 Å². The number of alkyl halides is 1. The second kappa shape index (κ2) is 15.0. The molecule has 3 heteroatoms. The molecule has 2 nitrogen and oxygen atoms in total. The monoisotopic (exact) mass is 320 g/mol. The Kier molecular flexibility index (Phi) is 15.0. The number of carbonyl (C=O) groups excluding carboxylic acids is 1. The van der Waals surface area contributed by atoms with Gasteiger partial charge in [0.2, 0.25) is 0 Å². The minimum atomic E-state index is -0.0117. The van der Waals surface area contributed by atoms with E-state index in [9.17, 15) is 4.79 Å². The molecule has 108 valence electrons. The van der Waals surface area contributed by atoms with Crippen molar-refractivity contribution in [2.45, 2.75) is 77.6 Å². The molecule has 0 saturated heterocycles. The molecule has 0 aromatic carbocycles. The lowest BCUT2D eigenvalue weighted by molar-refractivity contribution is -0.143. The van der Waals surface area contributed by atoms with Gasteiger partial charge in [0, 0.05) is 11.8 Å². The highest BCUT2D eigenvalue weighted by molar-refractivity contribution is 9.09. The predicted molar refractivity (Wildman–Crippen MR) is 81.2 cm³/mol. The highest BCUT2D eigenvalue weighted by Gasteiger charge is 2.02. The third-order valence-corrected chi connectivity index (χ3v) is 3.59. The molecule has 0 atom stereocenters. The number of esters is 1. The van der Waals surface area contributed by atoms with Crippen LogP contribution in [0.2, 0.25) is 0 Å². The summed E-state index contributed by atoms with van der Waals surface area (Å²) in [6.07, 6.45) is 12.5. The molecule has 0 saturated carbocycles. The number of unbranched alkanes of at least 4 members (excludes halogenated alkanes) is 8. The Hall–Kier alpha value is -0.0500. The number of hydrogen-bond acceptors (Lipinski definition) is 2. The molecule has 18 heavy (non-hydrogen) atoms. The van der Waals surface area contributed by atoms with Crippen molar-refractivity contribution < 1.29 is 9.53 Å². The fourth-order valence-corrected chi connectivity index (χ4v) is 2.25. The molecular formula is C15H29BrO2. The number of ether oxygens (including phenoxy) is 1. The average Bonchev–Trinajstić information content (AvgIpc) is 2.37. The van der Waals surface area contributed by atoms with Crippen LogP contribution < -0.4 is 0 Å². The maximum atomic E-state index is 11.4. The smallest absolute Gasteiger partial charge is 0.305 e. The average molecular weight is 321 g/mol. The minimum Gasteiger partial charge on any atom is -0.466 e. The van der Waals surface area contributed by atoms with Gasteiger partial charge in [0.15, 0.2) is 0 Å². The van der Waals surface area contributed by atoms with E-state index in [0.29, 0.717) is 13.0 Å². The maximum absolute atomic E-state index is 11.4. The van der Waals surface area contributed by atoms with Gasteiger partial charge in [0.05, 0.1) is 6.61 Å². The largest absolute Gasteiger partial charge is 0.466 e. The van der Waals surface area contributed by atoms with E-state index in [0.717, 1.165) is 24.6 Å². The molecule has 0 aromatic rings. The number of rotatable bonds is 13. The first-order chi connectivity index (χ1) is 8.81. The molecule has 0 unspecified atom stereocenters. The van der Waals surface area contributed by atoms with E-state index >= 15 is 0 Å². The van der Waals surface area contributed by atoms with Crippen molar-refractivity contribution in [1.82, 2.24) is 0 Å². The first-order valence-corrected chi connectivity index (χ1v) is 8.65. The number of carbonyl (C=O) groups is 1. The van der Waals surface area contributed by atoms with E-state index in [1.807, 2.05) is 0 Å². The Balaban J connectivity index is 3.12. The van der Waals surface area contributed by atoms with Crippen LogP contribution in [0.1, 0.15) is 77.6 Å². The summed E-state index contributed by atoms with van der Waals surface area (Å²) in [5, 5.41) is 1.06. The van der Waals surface area contributed by atoms with Crippen LogP contribution in [0.15, 0.2) is 0 Å². The van der Waals surface area contributed by atoms with Crippen LogP contribution in [0.5, 0.6) is 0 Å². The summed E-state index contributed by atoms with van der Waals surface area (Å²) in [5.41, 5.74) is 0. The molecule has 0 bridgehead atoms. The van der Waals surface area contributed by atoms with Crippen molar-refractivity contribution in [3.8, 4) is 0 Å². The number of hydrogen-bond donors (Lipinski definition) is 0. The second-order valence-corrected chi connectivity index (χ2v) is 5.63. The molecule has 0 aliphatic carbocycles. The fraction of sp³-hybridized carbons (Fsp3) is 0.933. The zero-order valence-electron chi connectivity index (χ0n) is 11.9. The summed E-state index contributed by atoms with van der Waals surface area (Å²) < 4.78 is 5.21. The van der Waals surface area contributed by atoms with Crippen LogP contribution >= 0.6 is 15.9 Å². The van der Waals surface area contributed by atoms with E-state index in [1.54, 1.807) is 0 Å². The Morgan fingerprint density at radius 3 is 2.22 bits per heavy atom. The van der Waals surface area contributed by atoms with Gasteiger partial charge in [-0.15, -0.1) is 0 Å². The molecule has 0 spiro atoms. The summed E-state index contributed by atoms with van der Waals surface area (Å²) in [6, 6.07) is 0. The molecule has 0 N–H and O–H groups in total. The summed E-state index contributed by atoms with van der Waals surface area (Å²) in [7, 11) is 0. The van der Waals surface area contributed by atoms with Crippen molar-refractivity contribution in [3.05, 3.63) is 0 Å². The zero-order chi connectivity index (χ0) is 13.5. The molecule has 0 heterocycles. The Labute approximate surface area is 121 Å². The second-order valence-electron chi connectivity index (χ2n) is 4.84. The van der Waals surface area contributed by atoms with Crippen LogP contribution in [-0.4, -0.2) is 17.9 Å². The number of halogens is 1. The Bertz CT molecular complexity index is 183. The normalized spacial score (nSPS) is 10.6. The van der Waals surface area contributed by atoms with Gasteiger partial charge in [0.1, 0.15) is 0 Å². The van der Waals surface area contributed by atoms with Crippen molar-refractivity contribution in [3.63, 3.8) is 0 Å². The SMILES string of the molecule is CCCCCCCCOC(=O)CCCCCCBr. The topological polar surface area (TPSA) is 26.3 Å². The molecular weight excluding hydrogens is 292 g/mol. The predicted octanol–water partition coefficient (Wildman–Crippen LogP) is 5.24. The van der Waals surface area contributed by atoms with E-state index in [4.69, 9.17) is 4.74 Å². The third kappa shape index (κ3) is 14.0. The minimum absolute atomic E-state index is 0.0117. The van der Waals surface area contributed by atoms with Crippen molar-refractivity contribution in [1.29, 1.82) is 0 Å².